The topological polar surface area (TPSA) is 105 Å². The summed E-state index contributed by atoms with van der Waals surface area (Å²) in [5, 5.41) is 22.4. The van der Waals surface area contributed by atoms with E-state index < -0.39 is 28.8 Å². The Labute approximate surface area is 136 Å². The SMILES string of the molecule is O=C(O)NCC(c1ccc([N+](=O)[O-])cc1)c1nc(C(F)(F)F)cs1. The summed E-state index contributed by atoms with van der Waals surface area (Å²) in [6.07, 6.45) is -5.94. The Bertz CT molecular complexity index is 746. The largest absolute Gasteiger partial charge is 0.465 e. The van der Waals surface area contributed by atoms with Gasteiger partial charge in [-0.2, -0.15) is 13.2 Å². The Hall–Kier alpha value is -2.69. The summed E-state index contributed by atoms with van der Waals surface area (Å²) in [4.78, 5) is 24.2. The summed E-state index contributed by atoms with van der Waals surface area (Å²) in [5.41, 5.74) is -0.832. The maximum absolute atomic E-state index is 12.7. The summed E-state index contributed by atoms with van der Waals surface area (Å²) in [7, 11) is 0. The minimum atomic E-state index is -4.60. The van der Waals surface area contributed by atoms with E-state index in [-0.39, 0.29) is 17.2 Å². The molecule has 1 unspecified atom stereocenters. The van der Waals surface area contributed by atoms with E-state index in [0.29, 0.717) is 5.56 Å². The number of benzene rings is 1. The second-order valence-electron chi connectivity index (χ2n) is 4.66. The lowest BCUT2D eigenvalue weighted by Gasteiger charge is -2.14. The normalized spacial score (nSPS) is 12.6. The van der Waals surface area contributed by atoms with Crippen LogP contribution in [0.25, 0.3) is 0 Å². The lowest BCUT2D eigenvalue weighted by atomic mass is 9.99. The van der Waals surface area contributed by atoms with Crippen LogP contribution in [0.1, 0.15) is 22.2 Å². The van der Waals surface area contributed by atoms with E-state index in [9.17, 15) is 28.1 Å². The van der Waals surface area contributed by atoms with Gasteiger partial charge in [-0.15, -0.1) is 11.3 Å². The molecule has 0 fully saturated rings. The Balaban J connectivity index is 2.35. The number of nitro groups is 1. The van der Waals surface area contributed by atoms with E-state index in [0.717, 1.165) is 16.7 Å². The fraction of sp³-hybridized carbons (Fsp3) is 0.231. The number of halogens is 3. The molecule has 128 valence electrons. The number of hydrogen-bond donors (Lipinski definition) is 2. The molecule has 0 aliphatic heterocycles. The number of alkyl halides is 3. The van der Waals surface area contributed by atoms with Crippen LogP contribution in [-0.2, 0) is 6.18 Å². The molecule has 0 radical (unpaired) electrons. The van der Waals surface area contributed by atoms with Crippen molar-refractivity contribution in [2.24, 2.45) is 0 Å². The first-order chi connectivity index (χ1) is 11.2. The van der Waals surface area contributed by atoms with Crippen LogP contribution in [0.3, 0.4) is 0 Å². The van der Waals surface area contributed by atoms with Gasteiger partial charge in [0.2, 0.25) is 0 Å². The standard InChI is InChI=1S/C13H10F3N3O4S/c14-13(15,16)10-6-24-11(18-10)9(5-17-12(20)21)7-1-3-8(4-2-7)19(22)23/h1-4,6,9,17H,5H2,(H,20,21). The van der Waals surface area contributed by atoms with E-state index in [1.165, 1.54) is 24.3 Å². The number of non-ortho nitro benzene ring substituents is 1. The highest BCUT2D eigenvalue weighted by Gasteiger charge is 2.34. The summed E-state index contributed by atoms with van der Waals surface area (Å²) in [5.74, 6) is -0.789. The Morgan fingerprint density at radius 2 is 2.00 bits per heavy atom. The van der Waals surface area contributed by atoms with Crippen LogP contribution >= 0.6 is 11.3 Å². The Morgan fingerprint density at radius 3 is 2.46 bits per heavy atom. The van der Waals surface area contributed by atoms with Gasteiger partial charge < -0.3 is 10.4 Å². The molecular formula is C13H10F3N3O4S. The van der Waals surface area contributed by atoms with E-state index in [2.05, 4.69) is 10.3 Å². The molecule has 1 aromatic carbocycles. The van der Waals surface area contributed by atoms with Crippen LogP contribution in [0.2, 0.25) is 0 Å². The first-order valence-electron chi connectivity index (χ1n) is 6.42. The van der Waals surface area contributed by atoms with E-state index in [1.54, 1.807) is 0 Å². The molecule has 2 N–H and O–H groups in total. The molecule has 2 aromatic rings. The molecule has 2 rings (SSSR count). The zero-order chi connectivity index (χ0) is 17.9. The van der Waals surface area contributed by atoms with Gasteiger partial charge in [-0.05, 0) is 5.56 Å². The molecule has 1 atom stereocenters. The number of amides is 1. The predicted molar refractivity (Wildman–Crippen MR) is 78.1 cm³/mol. The van der Waals surface area contributed by atoms with Crippen molar-refractivity contribution in [3.8, 4) is 0 Å². The molecule has 1 heterocycles. The molecular weight excluding hydrogens is 351 g/mol. The van der Waals surface area contributed by atoms with Crippen molar-refractivity contribution in [3.63, 3.8) is 0 Å². The first-order valence-corrected chi connectivity index (χ1v) is 7.30. The average molecular weight is 361 g/mol. The number of nitrogens with one attached hydrogen (secondary N) is 1. The van der Waals surface area contributed by atoms with Crippen molar-refractivity contribution in [1.29, 1.82) is 0 Å². The van der Waals surface area contributed by atoms with Gasteiger partial charge in [-0.25, -0.2) is 9.78 Å². The third-order valence-corrected chi connectivity index (χ3v) is 4.03. The first kappa shape index (κ1) is 17.7. The quantitative estimate of drug-likeness (QED) is 0.627. The number of carbonyl (C=O) groups is 1. The zero-order valence-corrected chi connectivity index (χ0v) is 12.6. The van der Waals surface area contributed by atoms with Crippen molar-refractivity contribution >= 4 is 23.1 Å². The van der Waals surface area contributed by atoms with Gasteiger partial charge in [-0.1, -0.05) is 12.1 Å². The highest BCUT2D eigenvalue weighted by Crippen LogP contribution is 2.34. The van der Waals surface area contributed by atoms with Crippen molar-refractivity contribution in [1.82, 2.24) is 10.3 Å². The second kappa shape index (κ2) is 6.83. The van der Waals surface area contributed by atoms with E-state index >= 15 is 0 Å². The lowest BCUT2D eigenvalue weighted by Crippen LogP contribution is -2.27. The fourth-order valence-corrected chi connectivity index (χ4v) is 2.90. The van der Waals surface area contributed by atoms with E-state index in [1.807, 2.05) is 0 Å². The van der Waals surface area contributed by atoms with Gasteiger partial charge in [0.1, 0.15) is 5.01 Å². The highest BCUT2D eigenvalue weighted by molar-refractivity contribution is 7.09. The van der Waals surface area contributed by atoms with Crippen LogP contribution in [0, 0.1) is 10.1 Å². The summed E-state index contributed by atoms with van der Waals surface area (Å²) >= 11 is 0.744. The maximum atomic E-state index is 12.7. The lowest BCUT2D eigenvalue weighted by molar-refractivity contribution is -0.384. The number of carboxylic acid groups (broad SMARTS) is 1. The number of thiazole rings is 1. The van der Waals surface area contributed by atoms with Crippen molar-refractivity contribution in [3.05, 3.63) is 56.0 Å². The molecule has 0 aliphatic rings. The van der Waals surface area contributed by atoms with Gasteiger partial charge in [0.15, 0.2) is 5.69 Å². The van der Waals surface area contributed by atoms with Crippen LogP contribution in [0.15, 0.2) is 29.6 Å². The number of rotatable bonds is 5. The summed E-state index contributed by atoms with van der Waals surface area (Å²) in [6, 6.07) is 5.12. The van der Waals surface area contributed by atoms with Crippen molar-refractivity contribution < 1.29 is 28.0 Å². The smallest absolute Gasteiger partial charge is 0.434 e. The van der Waals surface area contributed by atoms with Gasteiger partial charge in [0, 0.05) is 24.1 Å². The molecule has 1 aromatic heterocycles. The van der Waals surface area contributed by atoms with Gasteiger partial charge in [-0.3, -0.25) is 10.1 Å². The molecule has 1 amide bonds. The minimum absolute atomic E-state index is 0.0601. The number of aromatic nitrogens is 1. The minimum Gasteiger partial charge on any atom is -0.465 e. The molecule has 0 saturated heterocycles. The highest BCUT2D eigenvalue weighted by atomic mass is 32.1. The molecule has 0 bridgehead atoms. The van der Waals surface area contributed by atoms with E-state index in [4.69, 9.17) is 5.11 Å². The zero-order valence-electron chi connectivity index (χ0n) is 11.8. The fourth-order valence-electron chi connectivity index (χ4n) is 1.94. The van der Waals surface area contributed by atoms with Gasteiger partial charge in [0.25, 0.3) is 5.69 Å². The number of nitro benzene ring substituents is 1. The molecule has 11 heteroatoms. The van der Waals surface area contributed by atoms with Crippen molar-refractivity contribution in [2.75, 3.05) is 6.54 Å². The van der Waals surface area contributed by atoms with Crippen LogP contribution in [-0.4, -0.2) is 27.7 Å². The number of hydrogen-bond acceptors (Lipinski definition) is 5. The Morgan fingerprint density at radius 1 is 1.38 bits per heavy atom. The average Bonchev–Trinajstić information content (AvgIpc) is 2.97. The van der Waals surface area contributed by atoms with Gasteiger partial charge in [0.05, 0.1) is 10.8 Å². The Kier molecular flexibility index (Phi) is 5.02. The van der Waals surface area contributed by atoms with Crippen LogP contribution in [0.4, 0.5) is 23.7 Å². The van der Waals surface area contributed by atoms with Gasteiger partial charge >= 0.3 is 12.3 Å². The molecule has 24 heavy (non-hydrogen) atoms. The number of nitrogens with zero attached hydrogens (tertiary/aromatic N) is 2. The third-order valence-electron chi connectivity index (χ3n) is 3.07. The second-order valence-corrected chi connectivity index (χ2v) is 5.55. The van der Waals surface area contributed by atoms with Crippen molar-refractivity contribution in [2.45, 2.75) is 12.1 Å². The summed E-state index contributed by atoms with van der Waals surface area (Å²) in [6.45, 7) is -0.210. The maximum Gasteiger partial charge on any atom is 0.434 e. The van der Waals surface area contributed by atoms with Crippen LogP contribution < -0.4 is 5.32 Å². The monoisotopic (exact) mass is 361 g/mol. The van der Waals surface area contributed by atoms with Crippen LogP contribution in [0.5, 0.6) is 0 Å². The predicted octanol–water partition coefficient (Wildman–Crippen LogP) is 3.47. The summed E-state index contributed by atoms with van der Waals surface area (Å²) < 4.78 is 38.0. The third kappa shape index (κ3) is 4.19. The molecule has 0 saturated carbocycles. The molecule has 7 nitrogen and oxygen atoms in total. The molecule has 0 aliphatic carbocycles. The molecule has 0 spiro atoms.